The van der Waals surface area contributed by atoms with Crippen LogP contribution < -0.4 is 5.32 Å². The predicted octanol–water partition coefficient (Wildman–Crippen LogP) is 5.27. The van der Waals surface area contributed by atoms with Crippen LogP contribution in [0.25, 0.3) is 0 Å². The van der Waals surface area contributed by atoms with Crippen LogP contribution in [0.5, 0.6) is 0 Å². The van der Waals surface area contributed by atoms with E-state index in [0.717, 1.165) is 11.1 Å². The Bertz CT molecular complexity index is 1150. The van der Waals surface area contributed by atoms with Gasteiger partial charge in [0.1, 0.15) is 0 Å². The van der Waals surface area contributed by atoms with Crippen molar-refractivity contribution in [3.8, 4) is 0 Å². The predicted molar refractivity (Wildman–Crippen MR) is 127 cm³/mol. The second-order valence-electron chi connectivity index (χ2n) is 7.68. The lowest BCUT2D eigenvalue weighted by atomic mass is 9.95. The summed E-state index contributed by atoms with van der Waals surface area (Å²) in [6.07, 6.45) is 0. The molecule has 3 aromatic carbocycles. The van der Waals surface area contributed by atoms with Crippen LogP contribution >= 0.6 is 0 Å². The van der Waals surface area contributed by atoms with Crippen molar-refractivity contribution in [3.63, 3.8) is 0 Å². The summed E-state index contributed by atoms with van der Waals surface area (Å²) in [5.74, 6) is -0.614. The van der Waals surface area contributed by atoms with Crippen molar-refractivity contribution in [2.45, 2.75) is 27.7 Å². The second kappa shape index (κ2) is 10.1. The van der Waals surface area contributed by atoms with Gasteiger partial charge in [0.15, 0.2) is 5.78 Å². The molecule has 1 N–H and O–H groups in total. The zero-order valence-corrected chi connectivity index (χ0v) is 18.9. The molecule has 0 aromatic heterocycles. The van der Waals surface area contributed by atoms with Crippen molar-refractivity contribution in [2.24, 2.45) is 0 Å². The highest BCUT2D eigenvalue weighted by atomic mass is 16.2. The molecular formula is C27H28N2O3. The highest BCUT2D eigenvalue weighted by molar-refractivity contribution is 6.17. The highest BCUT2D eigenvalue weighted by Gasteiger charge is 2.19. The number of carbonyl (C=O) groups is 3. The zero-order chi connectivity index (χ0) is 23.3. The minimum Gasteiger partial charge on any atom is -0.339 e. The summed E-state index contributed by atoms with van der Waals surface area (Å²) < 4.78 is 0. The van der Waals surface area contributed by atoms with E-state index in [-0.39, 0.29) is 17.6 Å². The minimum absolute atomic E-state index is 0.0442. The van der Waals surface area contributed by atoms with Crippen molar-refractivity contribution in [3.05, 3.63) is 100 Å². The van der Waals surface area contributed by atoms with E-state index in [4.69, 9.17) is 0 Å². The number of rotatable bonds is 7. The van der Waals surface area contributed by atoms with Crippen LogP contribution in [0.1, 0.15) is 61.6 Å². The Morgan fingerprint density at radius 1 is 0.750 bits per heavy atom. The molecule has 164 valence electrons. The summed E-state index contributed by atoms with van der Waals surface area (Å²) in [5.41, 5.74) is 4.46. The number of hydrogen-bond acceptors (Lipinski definition) is 3. The van der Waals surface area contributed by atoms with Crippen molar-refractivity contribution < 1.29 is 14.4 Å². The van der Waals surface area contributed by atoms with Crippen molar-refractivity contribution >= 4 is 23.3 Å². The van der Waals surface area contributed by atoms with Crippen molar-refractivity contribution in [1.82, 2.24) is 4.90 Å². The normalized spacial score (nSPS) is 10.5. The van der Waals surface area contributed by atoms with Gasteiger partial charge in [-0.1, -0.05) is 30.3 Å². The summed E-state index contributed by atoms with van der Waals surface area (Å²) in [7, 11) is 0. The third-order valence-corrected chi connectivity index (χ3v) is 5.63. The first kappa shape index (κ1) is 22.9. The van der Waals surface area contributed by atoms with E-state index in [1.165, 1.54) is 0 Å². The monoisotopic (exact) mass is 428 g/mol. The molecule has 0 aliphatic rings. The summed E-state index contributed by atoms with van der Waals surface area (Å²) in [6.45, 7) is 9.10. The van der Waals surface area contributed by atoms with Gasteiger partial charge < -0.3 is 10.2 Å². The maximum absolute atomic E-state index is 13.1. The maximum Gasteiger partial charge on any atom is 0.256 e. The lowest BCUT2D eigenvalue weighted by molar-refractivity contribution is 0.0772. The van der Waals surface area contributed by atoms with Crippen molar-refractivity contribution in [2.75, 3.05) is 18.4 Å². The molecule has 0 bridgehead atoms. The average Bonchev–Trinajstić information content (AvgIpc) is 2.81. The third kappa shape index (κ3) is 4.94. The van der Waals surface area contributed by atoms with E-state index in [1.807, 2.05) is 39.8 Å². The Hall–Kier alpha value is -3.73. The van der Waals surface area contributed by atoms with E-state index >= 15 is 0 Å². The molecular weight excluding hydrogens is 400 g/mol. The molecule has 0 radical (unpaired) electrons. The standard InChI is InChI=1S/C27H28N2O3/c1-5-29(6-2)27(32)20-13-15-22(16-14-20)28-26(31)24-10-8-7-9-23(24)25(30)21-12-11-18(3)19(4)17-21/h7-17H,5-6H2,1-4H3,(H,28,31). The zero-order valence-electron chi connectivity index (χ0n) is 18.9. The van der Waals surface area contributed by atoms with Crippen LogP contribution in [0.15, 0.2) is 66.7 Å². The fourth-order valence-corrected chi connectivity index (χ4v) is 3.51. The molecule has 0 atom stereocenters. The topological polar surface area (TPSA) is 66.5 Å². The van der Waals surface area contributed by atoms with Crippen LogP contribution in [0.3, 0.4) is 0 Å². The van der Waals surface area contributed by atoms with Crippen LogP contribution in [0.4, 0.5) is 5.69 Å². The first-order valence-electron chi connectivity index (χ1n) is 10.8. The van der Waals surface area contributed by atoms with E-state index in [1.54, 1.807) is 59.5 Å². The van der Waals surface area contributed by atoms with Gasteiger partial charge in [-0.05, 0) is 75.2 Å². The van der Waals surface area contributed by atoms with E-state index < -0.39 is 0 Å². The molecule has 3 aromatic rings. The molecule has 3 rings (SSSR count). The Balaban J connectivity index is 1.81. The number of benzene rings is 3. The summed E-state index contributed by atoms with van der Waals surface area (Å²) >= 11 is 0. The summed E-state index contributed by atoms with van der Waals surface area (Å²) in [4.78, 5) is 40.3. The Morgan fingerprint density at radius 3 is 1.94 bits per heavy atom. The second-order valence-corrected chi connectivity index (χ2v) is 7.68. The fraction of sp³-hybridized carbons (Fsp3) is 0.222. The van der Waals surface area contributed by atoms with Crippen LogP contribution in [0.2, 0.25) is 0 Å². The first-order chi connectivity index (χ1) is 15.3. The Kier molecular flexibility index (Phi) is 7.21. The smallest absolute Gasteiger partial charge is 0.256 e. The fourth-order valence-electron chi connectivity index (χ4n) is 3.51. The number of nitrogens with zero attached hydrogens (tertiary/aromatic N) is 1. The van der Waals surface area contributed by atoms with E-state index in [2.05, 4.69) is 5.32 Å². The molecule has 2 amide bonds. The number of nitrogens with one attached hydrogen (secondary N) is 1. The molecule has 0 aliphatic carbocycles. The summed E-state index contributed by atoms with van der Waals surface area (Å²) in [5, 5.41) is 2.83. The molecule has 5 nitrogen and oxygen atoms in total. The van der Waals surface area contributed by atoms with Gasteiger partial charge in [0.2, 0.25) is 0 Å². The number of amides is 2. The van der Waals surface area contributed by atoms with Gasteiger partial charge in [-0.2, -0.15) is 0 Å². The van der Waals surface area contributed by atoms with Gasteiger partial charge in [0.25, 0.3) is 11.8 Å². The molecule has 0 saturated heterocycles. The van der Waals surface area contributed by atoms with Gasteiger partial charge in [-0.25, -0.2) is 0 Å². The molecule has 0 fully saturated rings. The van der Waals surface area contributed by atoms with Crippen LogP contribution in [-0.2, 0) is 0 Å². The van der Waals surface area contributed by atoms with Crippen LogP contribution in [0, 0.1) is 13.8 Å². The molecule has 0 aliphatic heterocycles. The summed E-state index contributed by atoms with van der Waals surface area (Å²) in [6, 6.07) is 19.1. The molecule has 0 saturated carbocycles. The third-order valence-electron chi connectivity index (χ3n) is 5.63. The van der Waals surface area contributed by atoms with E-state index in [9.17, 15) is 14.4 Å². The Labute approximate surface area is 189 Å². The van der Waals surface area contributed by atoms with Gasteiger partial charge in [0, 0.05) is 35.5 Å². The Morgan fingerprint density at radius 2 is 1.34 bits per heavy atom. The number of aryl methyl sites for hydroxylation is 2. The molecule has 32 heavy (non-hydrogen) atoms. The van der Waals surface area contributed by atoms with Crippen LogP contribution in [-0.4, -0.2) is 35.6 Å². The van der Waals surface area contributed by atoms with Gasteiger partial charge in [0.05, 0.1) is 5.56 Å². The van der Waals surface area contributed by atoms with Crippen molar-refractivity contribution in [1.29, 1.82) is 0 Å². The van der Waals surface area contributed by atoms with Gasteiger partial charge >= 0.3 is 0 Å². The first-order valence-corrected chi connectivity index (χ1v) is 10.8. The largest absolute Gasteiger partial charge is 0.339 e. The number of ketones is 1. The maximum atomic E-state index is 13.1. The molecule has 0 unspecified atom stereocenters. The van der Waals surface area contributed by atoms with Gasteiger partial charge in [-0.3, -0.25) is 14.4 Å². The number of hydrogen-bond donors (Lipinski definition) is 1. The van der Waals surface area contributed by atoms with E-state index in [0.29, 0.717) is 41.0 Å². The molecule has 0 spiro atoms. The number of carbonyl (C=O) groups excluding carboxylic acids is 3. The number of anilines is 1. The SMILES string of the molecule is CCN(CC)C(=O)c1ccc(NC(=O)c2ccccc2C(=O)c2ccc(C)c(C)c2)cc1. The average molecular weight is 429 g/mol. The quantitative estimate of drug-likeness (QED) is 0.522. The molecule has 5 heteroatoms. The minimum atomic E-state index is -0.374. The van der Waals surface area contributed by atoms with Gasteiger partial charge in [-0.15, -0.1) is 0 Å². The lowest BCUT2D eigenvalue weighted by Gasteiger charge is -2.18. The highest BCUT2D eigenvalue weighted by Crippen LogP contribution is 2.19. The molecule has 0 heterocycles. The lowest BCUT2D eigenvalue weighted by Crippen LogP contribution is -2.30.